The lowest BCUT2D eigenvalue weighted by Crippen LogP contribution is -2.11. The summed E-state index contributed by atoms with van der Waals surface area (Å²) in [6, 6.07) is 20.3. The number of ether oxygens (including phenoxy) is 7. The number of aliphatic hydroxyl groups excluding tert-OH is 1. The number of esters is 2. The van der Waals surface area contributed by atoms with E-state index in [1.807, 2.05) is 12.1 Å². The van der Waals surface area contributed by atoms with E-state index in [9.17, 15) is 14.7 Å². The van der Waals surface area contributed by atoms with Gasteiger partial charge in [0.15, 0.2) is 0 Å². The molecule has 2 unspecified atom stereocenters. The van der Waals surface area contributed by atoms with Crippen LogP contribution in [0.15, 0.2) is 72.8 Å². The van der Waals surface area contributed by atoms with E-state index in [2.05, 4.69) is 0 Å². The Morgan fingerprint density at radius 1 is 0.682 bits per heavy atom. The van der Waals surface area contributed by atoms with Crippen molar-refractivity contribution in [3.05, 3.63) is 95.1 Å². The summed E-state index contributed by atoms with van der Waals surface area (Å²) in [5.74, 6) is 0.952. The van der Waals surface area contributed by atoms with Crippen LogP contribution in [0.2, 0.25) is 0 Å². The Morgan fingerprint density at radius 3 is 1.52 bits per heavy atom. The van der Waals surface area contributed by atoms with Gasteiger partial charge in [-0.1, -0.05) is 24.3 Å². The van der Waals surface area contributed by atoms with Crippen LogP contribution in [-0.2, 0) is 4.74 Å². The molecular weight excluding hydrogens is 568 g/mol. The smallest absolute Gasteiger partial charge is 0.347 e. The number of aliphatic hydroxyl groups is 1. The average molecular weight is 601 g/mol. The van der Waals surface area contributed by atoms with Gasteiger partial charge in [0.25, 0.3) is 0 Å². The molecule has 1 aliphatic heterocycles. The molecule has 0 spiro atoms. The number of rotatable bonds is 11. The second kappa shape index (κ2) is 13.1. The topological polar surface area (TPSA) is 122 Å². The van der Waals surface area contributed by atoms with Gasteiger partial charge in [-0.2, -0.15) is 0 Å². The molecule has 228 valence electrons. The summed E-state index contributed by atoms with van der Waals surface area (Å²) in [6.07, 6.45) is -0.885. The van der Waals surface area contributed by atoms with E-state index in [0.29, 0.717) is 40.9 Å². The van der Waals surface area contributed by atoms with E-state index in [1.165, 1.54) is 34.5 Å². The molecule has 0 bridgehead atoms. The quantitative estimate of drug-likeness (QED) is 0.126. The number of epoxide rings is 1. The Labute approximate surface area is 254 Å². The molecule has 0 aliphatic carbocycles. The normalized spacial score (nSPS) is 14.3. The molecule has 1 N–H and O–H groups in total. The van der Waals surface area contributed by atoms with Crippen molar-refractivity contribution in [1.29, 1.82) is 0 Å². The third-order valence-corrected chi connectivity index (χ3v) is 7.14. The Kier molecular flexibility index (Phi) is 9.03. The highest BCUT2D eigenvalue weighted by Gasteiger charge is 2.31. The number of carbonyl (C=O) groups excluding carboxylic acids is 2. The Morgan fingerprint density at radius 2 is 1.11 bits per heavy atom. The molecule has 1 heterocycles. The van der Waals surface area contributed by atoms with E-state index in [-0.39, 0.29) is 23.0 Å². The van der Waals surface area contributed by atoms with Crippen LogP contribution in [0.3, 0.4) is 0 Å². The van der Waals surface area contributed by atoms with Gasteiger partial charge in [-0.15, -0.1) is 0 Å². The number of methoxy groups -OCH3 is 4. The molecule has 1 fully saturated rings. The highest BCUT2D eigenvalue weighted by Crippen LogP contribution is 2.40. The van der Waals surface area contributed by atoms with E-state index in [1.54, 1.807) is 61.5 Å². The van der Waals surface area contributed by atoms with Crippen LogP contribution in [0.5, 0.6) is 34.5 Å². The fourth-order valence-electron chi connectivity index (χ4n) is 4.72. The predicted molar refractivity (Wildman–Crippen MR) is 160 cm³/mol. The zero-order valence-electron chi connectivity index (χ0n) is 24.9. The van der Waals surface area contributed by atoms with Crippen LogP contribution in [-0.4, -0.2) is 52.1 Å². The summed E-state index contributed by atoms with van der Waals surface area (Å²) in [6.45, 7) is 2.19. The number of hydrogen-bond acceptors (Lipinski definition) is 10. The van der Waals surface area contributed by atoms with Crippen molar-refractivity contribution in [3.8, 4) is 45.6 Å². The molecule has 1 aliphatic rings. The summed E-state index contributed by atoms with van der Waals surface area (Å²) in [7, 11) is 5.91. The molecule has 0 aromatic heterocycles. The Hall–Kier alpha value is -5.06. The molecule has 4 aromatic rings. The van der Waals surface area contributed by atoms with Crippen molar-refractivity contribution in [2.24, 2.45) is 0 Å². The lowest BCUT2D eigenvalue weighted by Gasteiger charge is -2.16. The van der Waals surface area contributed by atoms with E-state index in [4.69, 9.17) is 33.2 Å². The minimum atomic E-state index is -0.815. The maximum atomic E-state index is 13.0. The van der Waals surface area contributed by atoms with Crippen LogP contribution in [0.1, 0.15) is 51.0 Å². The lowest BCUT2D eigenvalue weighted by atomic mass is 10.0. The van der Waals surface area contributed by atoms with Gasteiger partial charge >= 0.3 is 11.9 Å². The van der Waals surface area contributed by atoms with Crippen LogP contribution in [0, 0.1) is 0 Å². The first-order valence-electron chi connectivity index (χ1n) is 13.7. The zero-order valence-corrected chi connectivity index (χ0v) is 24.9. The minimum Gasteiger partial charge on any atom is -0.496 e. The summed E-state index contributed by atoms with van der Waals surface area (Å²) < 4.78 is 38.1. The molecule has 2 atom stereocenters. The van der Waals surface area contributed by atoms with Gasteiger partial charge in [-0.3, -0.25) is 0 Å². The number of carbonyl (C=O) groups is 2. The fourth-order valence-corrected chi connectivity index (χ4v) is 4.72. The van der Waals surface area contributed by atoms with Crippen LogP contribution >= 0.6 is 0 Å². The molecule has 1 saturated heterocycles. The predicted octanol–water partition coefficient (Wildman–Crippen LogP) is 5.95. The van der Waals surface area contributed by atoms with Gasteiger partial charge in [-0.25, -0.2) is 9.59 Å². The van der Waals surface area contributed by atoms with Crippen molar-refractivity contribution in [2.75, 3.05) is 35.0 Å². The van der Waals surface area contributed by atoms with E-state index in [0.717, 1.165) is 16.7 Å². The highest BCUT2D eigenvalue weighted by atomic mass is 16.6. The molecule has 0 amide bonds. The number of benzene rings is 4. The third kappa shape index (κ3) is 6.46. The van der Waals surface area contributed by atoms with Crippen LogP contribution in [0.25, 0.3) is 11.1 Å². The van der Waals surface area contributed by atoms with Gasteiger partial charge in [0.05, 0.1) is 41.2 Å². The first kappa shape index (κ1) is 30.4. The van der Waals surface area contributed by atoms with Crippen molar-refractivity contribution < 1.29 is 47.9 Å². The molecule has 10 nitrogen and oxygen atoms in total. The standard InChI is InChI=1S/C34H32O10/c1-19(35)24-14-30(40-4)26(16-28(24)38-2)33(36)43-22-10-6-20(7-11-22)21-8-12-23(13-9-21)44-34(37)27-17-29(39-3)25(32-18-42-32)15-31(27)41-5/h6-17,19,32,35H,18H2,1-5H3. The first-order valence-corrected chi connectivity index (χ1v) is 13.7. The molecule has 4 aromatic carbocycles. The van der Waals surface area contributed by atoms with Crippen molar-refractivity contribution in [2.45, 2.75) is 19.1 Å². The molecule has 10 heteroatoms. The molecular formula is C34H32O10. The molecule has 0 radical (unpaired) electrons. The first-order chi connectivity index (χ1) is 21.3. The summed E-state index contributed by atoms with van der Waals surface area (Å²) in [4.78, 5) is 26.0. The summed E-state index contributed by atoms with van der Waals surface area (Å²) in [5, 5.41) is 10.0. The van der Waals surface area contributed by atoms with Crippen molar-refractivity contribution in [3.63, 3.8) is 0 Å². The van der Waals surface area contributed by atoms with Gasteiger partial charge in [0.1, 0.15) is 51.7 Å². The van der Waals surface area contributed by atoms with E-state index >= 15 is 0 Å². The zero-order chi connectivity index (χ0) is 31.4. The van der Waals surface area contributed by atoms with Gasteiger partial charge in [-0.05, 0) is 66.6 Å². The van der Waals surface area contributed by atoms with Crippen LogP contribution in [0.4, 0.5) is 0 Å². The number of hydrogen-bond donors (Lipinski definition) is 1. The van der Waals surface area contributed by atoms with E-state index < -0.39 is 18.0 Å². The largest absolute Gasteiger partial charge is 0.496 e. The van der Waals surface area contributed by atoms with Gasteiger partial charge in [0, 0.05) is 11.1 Å². The average Bonchev–Trinajstić information content (AvgIpc) is 3.89. The maximum absolute atomic E-state index is 13.0. The van der Waals surface area contributed by atoms with Crippen molar-refractivity contribution in [1.82, 2.24) is 0 Å². The molecule has 44 heavy (non-hydrogen) atoms. The SMILES string of the molecule is COc1cc(C(C)O)c(OC)cc1C(=O)Oc1ccc(-c2ccc(OC(=O)c3cc(OC)c(C4CO4)cc3OC)cc2)cc1. The molecule has 0 saturated carbocycles. The monoisotopic (exact) mass is 600 g/mol. The highest BCUT2D eigenvalue weighted by molar-refractivity contribution is 5.95. The maximum Gasteiger partial charge on any atom is 0.347 e. The minimum absolute atomic E-state index is 0.0704. The Balaban J connectivity index is 1.27. The van der Waals surface area contributed by atoms with Gasteiger partial charge < -0.3 is 38.3 Å². The van der Waals surface area contributed by atoms with Crippen LogP contribution < -0.4 is 28.4 Å². The van der Waals surface area contributed by atoms with Gasteiger partial charge in [0.2, 0.25) is 0 Å². The second-order valence-electron chi connectivity index (χ2n) is 9.91. The lowest BCUT2D eigenvalue weighted by molar-refractivity contribution is 0.0721. The third-order valence-electron chi connectivity index (χ3n) is 7.14. The van der Waals surface area contributed by atoms with Crippen molar-refractivity contribution >= 4 is 11.9 Å². The second-order valence-corrected chi connectivity index (χ2v) is 9.91. The summed E-state index contributed by atoms with van der Waals surface area (Å²) in [5.41, 5.74) is 3.41. The molecule has 5 rings (SSSR count). The summed E-state index contributed by atoms with van der Waals surface area (Å²) >= 11 is 0. The Bertz CT molecular complexity index is 1540. The fraction of sp³-hybridized carbons (Fsp3) is 0.235.